The third kappa shape index (κ3) is 4.31. The van der Waals surface area contributed by atoms with Crippen LogP contribution in [0.1, 0.15) is 30.1 Å². The standard InChI is InChI=1S/C17H24F2N2O4/c1-10-4-5-21(12(6-10)9-20)16(22)11-7-13(23-2)15(25-17(18)19)14(8-11)24-3/h7-8,10,12,17H,4-6,9,20H2,1-3H3. The highest BCUT2D eigenvalue weighted by atomic mass is 19.3. The van der Waals surface area contributed by atoms with Gasteiger partial charge in [-0.05, 0) is 30.9 Å². The van der Waals surface area contributed by atoms with Crippen molar-refractivity contribution < 1.29 is 27.8 Å². The number of carbonyl (C=O) groups is 1. The van der Waals surface area contributed by atoms with Gasteiger partial charge in [-0.15, -0.1) is 0 Å². The molecule has 2 N–H and O–H groups in total. The molecule has 1 aromatic rings. The molecule has 0 radical (unpaired) electrons. The van der Waals surface area contributed by atoms with Crippen molar-refractivity contribution in [2.45, 2.75) is 32.4 Å². The van der Waals surface area contributed by atoms with Gasteiger partial charge in [-0.25, -0.2) is 0 Å². The second kappa shape index (κ2) is 8.33. The molecule has 2 rings (SSSR count). The molecule has 2 unspecified atom stereocenters. The highest BCUT2D eigenvalue weighted by Crippen LogP contribution is 2.40. The summed E-state index contributed by atoms with van der Waals surface area (Å²) in [6, 6.07) is 2.72. The van der Waals surface area contributed by atoms with E-state index in [2.05, 4.69) is 11.7 Å². The number of amides is 1. The first-order valence-electron chi connectivity index (χ1n) is 8.13. The lowest BCUT2D eigenvalue weighted by molar-refractivity contribution is -0.0526. The monoisotopic (exact) mass is 358 g/mol. The van der Waals surface area contributed by atoms with Gasteiger partial charge in [0.25, 0.3) is 5.91 Å². The van der Waals surface area contributed by atoms with Crippen molar-refractivity contribution in [3.63, 3.8) is 0 Å². The summed E-state index contributed by atoms with van der Waals surface area (Å²) >= 11 is 0. The number of methoxy groups -OCH3 is 2. The number of likely N-dealkylation sites (tertiary alicyclic amines) is 1. The fourth-order valence-electron chi connectivity index (χ4n) is 3.12. The minimum absolute atomic E-state index is 0.0117. The predicted molar refractivity (Wildman–Crippen MR) is 88.5 cm³/mol. The van der Waals surface area contributed by atoms with Crippen LogP contribution in [0.4, 0.5) is 8.78 Å². The molecule has 0 aliphatic carbocycles. The van der Waals surface area contributed by atoms with E-state index in [1.54, 1.807) is 4.90 Å². The highest BCUT2D eigenvalue weighted by molar-refractivity contribution is 5.96. The summed E-state index contributed by atoms with van der Waals surface area (Å²) < 4.78 is 39.9. The van der Waals surface area contributed by atoms with Gasteiger partial charge in [0.1, 0.15) is 0 Å². The molecule has 1 saturated heterocycles. The summed E-state index contributed by atoms with van der Waals surface area (Å²) in [5.74, 6) is 0.0561. The number of alkyl halides is 2. The Kier molecular flexibility index (Phi) is 6.41. The van der Waals surface area contributed by atoms with Crippen LogP contribution in [0.15, 0.2) is 12.1 Å². The molecule has 1 amide bonds. The second-order valence-electron chi connectivity index (χ2n) is 6.11. The van der Waals surface area contributed by atoms with E-state index in [-0.39, 0.29) is 34.8 Å². The molecule has 25 heavy (non-hydrogen) atoms. The van der Waals surface area contributed by atoms with E-state index in [1.165, 1.54) is 26.4 Å². The number of halogens is 2. The SMILES string of the molecule is COc1cc(C(=O)N2CCC(C)CC2CN)cc(OC)c1OC(F)F. The summed E-state index contributed by atoms with van der Waals surface area (Å²) in [6.45, 7) is 0.0701. The fourth-order valence-corrected chi connectivity index (χ4v) is 3.12. The van der Waals surface area contributed by atoms with E-state index >= 15 is 0 Å². The van der Waals surface area contributed by atoms with Crippen LogP contribution in [0, 0.1) is 5.92 Å². The summed E-state index contributed by atoms with van der Waals surface area (Å²) in [5.41, 5.74) is 6.10. The first kappa shape index (κ1) is 19.2. The van der Waals surface area contributed by atoms with Gasteiger partial charge < -0.3 is 24.8 Å². The Morgan fingerprint density at radius 1 is 1.32 bits per heavy atom. The molecule has 1 fully saturated rings. The van der Waals surface area contributed by atoms with Crippen LogP contribution in [0.2, 0.25) is 0 Å². The van der Waals surface area contributed by atoms with Crippen molar-refractivity contribution >= 4 is 5.91 Å². The van der Waals surface area contributed by atoms with Crippen LogP contribution >= 0.6 is 0 Å². The van der Waals surface area contributed by atoms with Gasteiger partial charge in [0.2, 0.25) is 5.75 Å². The van der Waals surface area contributed by atoms with Gasteiger partial charge >= 0.3 is 6.61 Å². The van der Waals surface area contributed by atoms with E-state index in [4.69, 9.17) is 15.2 Å². The molecule has 8 heteroatoms. The number of nitrogens with two attached hydrogens (primary N) is 1. The third-order valence-electron chi connectivity index (χ3n) is 4.43. The number of hydrogen-bond acceptors (Lipinski definition) is 5. The quantitative estimate of drug-likeness (QED) is 0.846. The summed E-state index contributed by atoms with van der Waals surface area (Å²) in [6.07, 6.45) is 1.73. The van der Waals surface area contributed by atoms with Gasteiger partial charge in [-0.2, -0.15) is 8.78 Å². The average Bonchev–Trinajstić information content (AvgIpc) is 2.60. The van der Waals surface area contributed by atoms with Gasteiger partial charge in [-0.3, -0.25) is 4.79 Å². The molecule has 0 bridgehead atoms. The van der Waals surface area contributed by atoms with E-state index in [9.17, 15) is 13.6 Å². The Hall–Kier alpha value is -2.09. The zero-order valence-electron chi connectivity index (χ0n) is 14.6. The first-order chi connectivity index (χ1) is 11.9. The molecule has 0 spiro atoms. The normalized spacial score (nSPS) is 20.5. The number of hydrogen-bond donors (Lipinski definition) is 1. The topological polar surface area (TPSA) is 74.0 Å². The van der Waals surface area contributed by atoms with Gasteiger partial charge in [0.05, 0.1) is 14.2 Å². The van der Waals surface area contributed by atoms with Crippen molar-refractivity contribution in [1.29, 1.82) is 0 Å². The lowest BCUT2D eigenvalue weighted by atomic mass is 9.92. The zero-order chi connectivity index (χ0) is 18.6. The third-order valence-corrected chi connectivity index (χ3v) is 4.43. The fraction of sp³-hybridized carbons (Fsp3) is 0.588. The molecular formula is C17H24F2N2O4. The molecule has 1 aromatic carbocycles. The Balaban J connectivity index is 2.36. The molecule has 1 heterocycles. The number of nitrogens with zero attached hydrogens (tertiary/aromatic N) is 1. The number of rotatable bonds is 6. The van der Waals surface area contributed by atoms with Crippen LogP contribution in [0.5, 0.6) is 17.2 Å². The van der Waals surface area contributed by atoms with E-state index < -0.39 is 6.61 Å². The van der Waals surface area contributed by atoms with E-state index in [1.807, 2.05) is 0 Å². The minimum atomic E-state index is -3.03. The Bertz CT molecular complexity index is 587. The maximum Gasteiger partial charge on any atom is 0.387 e. The molecule has 0 aromatic heterocycles. The van der Waals surface area contributed by atoms with Crippen LogP contribution in [0.3, 0.4) is 0 Å². The number of benzene rings is 1. The Labute approximate surface area is 145 Å². The first-order valence-corrected chi connectivity index (χ1v) is 8.13. The molecule has 1 aliphatic heterocycles. The lowest BCUT2D eigenvalue weighted by Crippen LogP contribution is -2.49. The second-order valence-corrected chi connectivity index (χ2v) is 6.11. The lowest BCUT2D eigenvalue weighted by Gasteiger charge is -2.38. The van der Waals surface area contributed by atoms with Gasteiger partial charge in [-0.1, -0.05) is 6.92 Å². The minimum Gasteiger partial charge on any atom is -0.493 e. The smallest absolute Gasteiger partial charge is 0.387 e. The molecule has 0 saturated carbocycles. The van der Waals surface area contributed by atoms with Crippen molar-refractivity contribution in [2.75, 3.05) is 27.3 Å². The van der Waals surface area contributed by atoms with Crippen LogP contribution in [0.25, 0.3) is 0 Å². The molecule has 2 atom stereocenters. The summed E-state index contributed by atoms with van der Waals surface area (Å²) in [7, 11) is 2.62. The molecule has 140 valence electrons. The maximum atomic E-state index is 12.9. The van der Waals surface area contributed by atoms with Crippen LogP contribution in [-0.2, 0) is 0 Å². The molecular weight excluding hydrogens is 334 g/mol. The maximum absolute atomic E-state index is 12.9. The van der Waals surface area contributed by atoms with E-state index in [0.29, 0.717) is 19.0 Å². The number of ether oxygens (including phenoxy) is 3. The predicted octanol–water partition coefficient (Wildman–Crippen LogP) is 2.50. The zero-order valence-corrected chi connectivity index (χ0v) is 14.6. The summed E-state index contributed by atoms with van der Waals surface area (Å²) in [4.78, 5) is 14.6. The Morgan fingerprint density at radius 3 is 2.40 bits per heavy atom. The van der Waals surface area contributed by atoms with Crippen molar-refractivity contribution in [3.8, 4) is 17.2 Å². The van der Waals surface area contributed by atoms with Crippen LogP contribution in [-0.4, -0.2) is 50.8 Å². The Morgan fingerprint density at radius 2 is 1.92 bits per heavy atom. The largest absolute Gasteiger partial charge is 0.493 e. The number of carbonyl (C=O) groups excluding carboxylic acids is 1. The molecule has 6 nitrogen and oxygen atoms in total. The van der Waals surface area contributed by atoms with E-state index in [0.717, 1.165) is 12.8 Å². The highest BCUT2D eigenvalue weighted by Gasteiger charge is 2.31. The van der Waals surface area contributed by atoms with Crippen LogP contribution < -0.4 is 19.9 Å². The number of piperidine rings is 1. The van der Waals surface area contributed by atoms with Crippen molar-refractivity contribution in [2.24, 2.45) is 11.7 Å². The summed E-state index contributed by atoms with van der Waals surface area (Å²) in [5, 5.41) is 0. The average molecular weight is 358 g/mol. The van der Waals surface area contributed by atoms with Gasteiger partial charge in [0.15, 0.2) is 11.5 Å². The van der Waals surface area contributed by atoms with Crippen molar-refractivity contribution in [1.82, 2.24) is 4.90 Å². The van der Waals surface area contributed by atoms with Gasteiger partial charge in [0, 0.05) is 24.7 Å². The molecule has 1 aliphatic rings. The van der Waals surface area contributed by atoms with Crippen molar-refractivity contribution in [3.05, 3.63) is 17.7 Å².